The van der Waals surface area contributed by atoms with Gasteiger partial charge in [-0.15, -0.1) is 0 Å². The molecule has 0 fully saturated rings. The Morgan fingerprint density at radius 2 is 1.81 bits per heavy atom. The molecule has 6 heteroatoms. The van der Waals surface area contributed by atoms with E-state index in [-0.39, 0.29) is 11.6 Å². The van der Waals surface area contributed by atoms with Crippen LogP contribution in [0, 0.1) is 12.9 Å². The van der Waals surface area contributed by atoms with Crippen LogP contribution in [0.15, 0.2) is 36.4 Å². The van der Waals surface area contributed by atoms with Gasteiger partial charge >= 0.3 is 0 Å². The van der Waals surface area contributed by atoms with Gasteiger partial charge in [-0.3, -0.25) is 9.59 Å². The second kappa shape index (κ2) is 6.13. The van der Waals surface area contributed by atoms with Crippen LogP contribution in [-0.2, 0) is 0 Å². The number of aromatic nitrogens is 1. The molecule has 21 heavy (non-hydrogen) atoms. The second-order valence-electron chi connectivity index (χ2n) is 4.36. The molecule has 2 amide bonds. The molecule has 1 heterocycles. The van der Waals surface area contributed by atoms with Crippen LogP contribution in [0.25, 0.3) is 0 Å². The fourth-order valence-corrected chi connectivity index (χ4v) is 1.87. The normalized spacial score (nSPS) is 10.0. The van der Waals surface area contributed by atoms with E-state index < -0.39 is 11.9 Å². The topological polar surface area (TPSA) is 71.1 Å². The molecule has 5 nitrogen and oxygen atoms in total. The lowest BCUT2D eigenvalue weighted by Gasteiger charge is -2.11. The first-order valence-corrected chi connectivity index (χ1v) is 6.28. The summed E-state index contributed by atoms with van der Waals surface area (Å²) in [5.41, 5.74) is 1.54. The lowest BCUT2D eigenvalue weighted by Crippen LogP contribution is -2.20. The van der Waals surface area contributed by atoms with Crippen LogP contribution in [0.3, 0.4) is 0 Å². The molecule has 0 radical (unpaired) electrons. The third kappa shape index (κ3) is 3.22. The zero-order valence-corrected chi connectivity index (χ0v) is 11.6. The highest BCUT2D eigenvalue weighted by Crippen LogP contribution is 2.19. The number of nitrogens with zero attached hydrogens (tertiary/aromatic N) is 1. The quantitative estimate of drug-likeness (QED) is 0.850. The molecule has 0 spiro atoms. The molecule has 0 bridgehead atoms. The van der Waals surface area contributed by atoms with Crippen LogP contribution >= 0.6 is 0 Å². The van der Waals surface area contributed by atoms with Gasteiger partial charge in [0.2, 0.25) is 5.95 Å². The van der Waals surface area contributed by atoms with Crippen molar-refractivity contribution < 1.29 is 14.0 Å². The van der Waals surface area contributed by atoms with Gasteiger partial charge in [-0.1, -0.05) is 12.1 Å². The summed E-state index contributed by atoms with van der Waals surface area (Å²) in [5.74, 6) is -1.50. The van der Waals surface area contributed by atoms with Gasteiger partial charge in [0.1, 0.15) is 5.69 Å². The van der Waals surface area contributed by atoms with Crippen molar-refractivity contribution >= 4 is 17.5 Å². The van der Waals surface area contributed by atoms with Crippen molar-refractivity contribution in [2.45, 2.75) is 6.92 Å². The summed E-state index contributed by atoms with van der Waals surface area (Å²) >= 11 is 0. The van der Waals surface area contributed by atoms with Crippen molar-refractivity contribution in [3.8, 4) is 0 Å². The Bertz CT molecular complexity index is 701. The second-order valence-corrected chi connectivity index (χ2v) is 4.36. The Kier molecular flexibility index (Phi) is 4.27. The van der Waals surface area contributed by atoms with Gasteiger partial charge in [-0.05, 0) is 36.8 Å². The Balaban J connectivity index is 2.28. The molecule has 0 aliphatic heterocycles. The Morgan fingerprint density at radius 3 is 2.48 bits per heavy atom. The first-order chi connectivity index (χ1) is 10.0. The van der Waals surface area contributed by atoms with Crippen LogP contribution in [0.4, 0.5) is 10.1 Å². The molecule has 0 saturated heterocycles. The molecule has 2 aromatic rings. The molecule has 0 unspecified atom stereocenters. The van der Waals surface area contributed by atoms with Crippen molar-refractivity contribution in [1.82, 2.24) is 10.3 Å². The summed E-state index contributed by atoms with van der Waals surface area (Å²) in [6.07, 6.45) is 0. The predicted molar refractivity (Wildman–Crippen MR) is 76.7 cm³/mol. The van der Waals surface area contributed by atoms with Gasteiger partial charge in [-0.2, -0.15) is 4.39 Å². The van der Waals surface area contributed by atoms with E-state index in [2.05, 4.69) is 15.6 Å². The maximum Gasteiger partial charge on any atom is 0.274 e. The molecule has 2 rings (SSSR count). The smallest absolute Gasteiger partial charge is 0.274 e. The monoisotopic (exact) mass is 287 g/mol. The van der Waals surface area contributed by atoms with E-state index in [0.717, 1.165) is 6.07 Å². The van der Waals surface area contributed by atoms with E-state index in [1.807, 2.05) is 0 Å². The van der Waals surface area contributed by atoms with Gasteiger partial charge in [-0.25, -0.2) is 4.98 Å². The van der Waals surface area contributed by atoms with Crippen molar-refractivity contribution in [3.63, 3.8) is 0 Å². The van der Waals surface area contributed by atoms with E-state index in [1.54, 1.807) is 25.1 Å². The van der Waals surface area contributed by atoms with Gasteiger partial charge in [0, 0.05) is 18.3 Å². The maximum absolute atomic E-state index is 13.0. The van der Waals surface area contributed by atoms with Crippen LogP contribution < -0.4 is 10.6 Å². The minimum Gasteiger partial charge on any atom is -0.355 e. The molecule has 0 aliphatic carbocycles. The summed E-state index contributed by atoms with van der Waals surface area (Å²) in [7, 11) is 1.53. The SMILES string of the molecule is CNC(=O)c1cccc(NC(=O)c2cccc(F)n2)c1C. The van der Waals surface area contributed by atoms with E-state index >= 15 is 0 Å². The molecule has 2 N–H and O–H groups in total. The fraction of sp³-hybridized carbons (Fsp3) is 0.133. The number of nitrogens with one attached hydrogen (secondary N) is 2. The van der Waals surface area contributed by atoms with E-state index in [1.165, 1.54) is 19.2 Å². The van der Waals surface area contributed by atoms with E-state index in [9.17, 15) is 14.0 Å². The van der Waals surface area contributed by atoms with Crippen molar-refractivity contribution in [2.75, 3.05) is 12.4 Å². The van der Waals surface area contributed by atoms with E-state index in [4.69, 9.17) is 0 Å². The molecule has 0 aliphatic rings. The number of carbonyl (C=O) groups is 2. The predicted octanol–water partition coefficient (Wildman–Crippen LogP) is 2.14. The van der Waals surface area contributed by atoms with Crippen molar-refractivity contribution in [1.29, 1.82) is 0 Å². The highest BCUT2D eigenvalue weighted by atomic mass is 19.1. The number of halogens is 1. The largest absolute Gasteiger partial charge is 0.355 e. The fourth-order valence-electron chi connectivity index (χ4n) is 1.87. The highest BCUT2D eigenvalue weighted by Gasteiger charge is 2.14. The number of hydrogen-bond donors (Lipinski definition) is 2. The molecule has 0 saturated carbocycles. The zero-order valence-electron chi connectivity index (χ0n) is 11.6. The average Bonchev–Trinajstić information content (AvgIpc) is 2.48. The first-order valence-electron chi connectivity index (χ1n) is 6.28. The Morgan fingerprint density at radius 1 is 1.10 bits per heavy atom. The molecule has 0 atom stereocenters. The maximum atomic E-state index is 13.0. The van der Waals surface area contributed by atoms with Gasteiger partial charge in [0.05, 0.1) is 0 Å². The van der Waals surface area contributed by atoms with Crippen molar-refractivity contribution in [2.24, 2.45) is 0 Å². The summed E-state index contributed by atoms with van der Waals surface area (Å²) < 4.78 is 13.0. The van der Waals surface area contributed by atoms with Crippen LogP contribution in [0.2, 0.25) is 0 Å². The van der Waals surface area contributed by atoms with Gasteiger partial charge in [0.25, 0.3) is 11.8 Å². The molecule has 1 aromatic heterocycles. The minimum atomic E-state index is -0.724. The lowest BCUT2D eigenvalue weighted by molar-refractivity contribution is 0.0960. The number of benzene rings is 1. The van der Waals surface area contributed by atoms with Crippen LogP contribution in [-0.4, -0.2) is 23.8 Å². The summed E-state index contributed by atoms with van der Waals surface area (Å²) in [6, 6.07) is 8.96. The third-order valence-corrected chi connectivity index (χ3v) is 3.00. The molecule has 108 valence electrons. The zero-order chi connectivity index (χ0) is 15.4. The van der Waals surface area contributed by atoms with Crippen molar-refractivity contribution in [3.05, 3.63) is 59.2 Å². The summed E-state index contributed by atoms with van der Waals surface area (Å²) in [5, 5.41) is 5.15. The Labute approximate surface area is 121 Å². The van der Waals surface area contributed by atoms with Crippen LogP contribution in [0.1, 0.15) is 26.4 Å². The van der Waals surface area contributed by atoms with Gasteiger partial charge < -0.3 is 10.6 Å². The number of carbonyl (C=O) groups excluding carboxylic acids is 2. The number of rotatable bonds is 3. The summed E-state index contributed by atoms with van der Waals surface area (Å²) in [6.45, 7) is 1.72. The molecular formula is C15H14FN3O2. The third-order valence-electron chi connectivity index (χ3n) is 3.00. The highest BCUT2D eigenvalue weighted by molar-refractivity contribution is 6.04. The van der Waals surface area contributed by atoms with E-state index in [0.29, 0.717) is 16.8 Å². The number of anilines is 1. The van der Waals surface area contributed by atoms with Crippen LogP contribution in [0.5, 0.6) is 0 Å². The minimum absolute atomic E-state index is 0.0280. The number of pyridine rings is 1. The van der Waals surface area contributed by atoms with Gasteiger partial charge in [0.15, 0.2) is 0 Å². The lowest BCUT2D eigenvalue weighted by atomic mass is 10.1. The number of hydrogen-bond acceptors (Lipinski definition) is 3. The number of amides is 2. The average molecular weight is 287 g/mol. The first kappa shape index (κ1) is 14.6. The summed E-state index contributed by atoms with van der Waals surface area (Å²) in [4.78, 5) is 27.2. The molecule has 1 aromatic carbocycles. The Hall–Kier alpha value is -2.76. The molecular weight excluding hydrogens is 273 g/mol. The standard InChI is InChI=1S/C15H14FN3O2/c1-9-10(14(20)17-2)5-3-6-11(9)19-15(21)12-7-4-8-13(16)18-12/h3-8H,1-2H3,(H,17,20)(H,19,21).